The van der Waals surface area contributed by atoms with E-state index in [0.29, 0.717) is 12.6 Å². The molecule has 0 unspecified atom stereocenters. The van der Waals surface area contributed by atoms with Crippen LogP contribution in [0.3, 0.4) is 0 Å². The predicted molar refractivity (Wildman–Crippen MR) is 75.9 cm³/mol. The number of rotatable bonds is 8. The van der Waals surface area contributed by atoms with E-state index in [4.69, 9.17) is 0 Å². The minimum atomic E-state index is -0.357. The molecule has 1 saturated carbocycles. The van der Waals surface area contributed by atoms with E-state index in [1.165, 1.54) is 12.8 Å². The molecule has 5 nitrogen and oxygen atoms in total. The highest BCUT2D eigenvalue weighted by molar-refractivity contribution is 5.95. The van der Waals surface area contributed by atoms with E-state index < -0.39 is 0 Å². The maximum absolute atomic E-state index is 11.8. The third-order valence-electron chi connectivity index (χ3n) is 3.29. The van der Waals surface area contributed by atoms with Crippen molar-refractivity contribution in [2.45, 2.75) is 65.0 Å². The van der Waals surface area contributed by atoms with E-state index in [0.717, 1.165) is 25.8 Å². The molecular formula is C14H27N3O2. The van der Waals surface area contributed by atoms with Crippen molar-refractivity contribution in [2.24, 2.45) is 0 Å². The molecule has 0 aromatic carbocycles. The Hall–Kier alpha value is -1.10. The van der Waals surface area contributed by atoms with Gasteiger partial charge in [-0.2, -0.15) is 0 Å². The van der Waals surface area contributed by atoms with Gasteiger partial charge in [0, 0.05) is 12.1 Å². The molecule has 0 bridgehead atoms. The van der Waals surface area contributed by atoms with Crippen LogP contribution in [-0.2, 0) is 4.79 Å². The normalized spacial score (nSPS) is 14.8. The number of nitrogens with zero attached hydrogens (tertiary/aromatic N) is 1. The van der Waals surface area contributed by atoms with Crippen LogP contribution in [0.5, 0.6) is 0 Å². The molecule has 1 aliphatic carbocycles. The lowest BCUT2D eigenvalue weighted by atomic mass is 10.2. The van der Waals surface area contributed by atoms with Crippen LogP contribution in [0.15, 0.2) is 0 Å². The predicted octanol–water partition coefficient (Wildman–Crippen LogP) is 1.88. The Morgan fingerprint density at radius 1 is 1.26 bits per heavy atom. The fourth-order valence-electron chi connectivity index (χ4n) is 1.88. The topological polar surface area (TPSA) is 61.4 Å². The molecule has 1 rings (SSSR count). The first kappa shape index (κ1) is 16.0. The van der Waals surface area contributed by atoms with Crippen molar-refractivity contribution in [2.75, 3.05) is 13.1 Å². The van der Waals surface area contributed by atoms with Crippen LogP contribution in [0.1, 0.15) is 52.9 Å². The average molecular weight is 269 g/mol. The smallest absolute Gasteiger partial charge is 0.321 e. The number of unbranched alkanes of at least 4 members (excludes halogenated alkanes) is 2. The van der Waals surface area contributed by atoms with Gasteiger partial charge in [-0.25, -0.2) is 4.79 Å². The van der Waals surface area contributed by atoms with E-state index in [1.807, 2.05) is 0 Å². The summed E-state index contributed by atoms with van der Waals surface area (Å²) in [6, 6.07) is 0.234. The van der Waals surface area contributed by atoms with E-state index in [2.05, 4.69) is 36.3 Å². The molecule has 2 N–H and O–H groups in total. The highest BCUT2D eigenvalue weighted by Gasteiger charge is 2.24. The van der Waals surface area contributed by atoms with Gasteiger partial charge in [-0.3, -0.25) is 15.0 Å². The zero-order chi connectivity index (χ0) is 14.3. The standard InChI is InChI=1S/C14H27N3O2/c1-4-5-6-9-17(11(2)3)10-13(18)16-14(19)15-12-7-8-12/h11-12H,4-10H2,1-3H3,(H2,15,16,18,19). The van der Waals surface area contributed by atoms with Crippen molar-refractivity contribution in [3.8, 4) is 0 Å². The number of imide groups is 1. The fraction of sp³-hybridized carbons (Fsp3) is 0.857. The second-order valence-corrected chi connectivity index (χ2v) is 5.57. The largest absolute Gasteiger partial charge is 0.335 e. The Kier molecular flexibility index (Phi) is 6.84. The lowest BCUT2D eigenvalue weighted by molar-refractivity contribution is -0.121. The van der Waals surface area contributed by atoms with Gasteiger partial charge < -0.3 is 5.32 Å². The highest BCUT2D eigenvalue weighted by atomic mass is 16.2. The quantitative estimate of drug-likeness (QED) is 0.661. The maximum Gasteiger partial charge on any atom is 0.321 e. The summed E-state index contributed by atoms with van der Waals surface area (Å²) in [6.07, 6.45) is 5.48. The van der Waals surface area contributed by atoms with Crippen molar-refractivity contribution < 1.29 is 9.59 Å². The van der Waals surface area contributed by atoms with Crippen molar-refractivity contribution in [3.05, 3.63) is 0 Å². The molecule has 1 aliphatic rings. The number of hydrogen-bond acceptors (Lipinski definition) is 3. The number of carbonyl (C=O) groups excluding carboxylic acids is 2. The molecule has 0 radical (unpaired) electrons. The van der Waals surface area contributed by atoms with Crippen LogP contribution >= 0.6 is 0 Å². The Bertz CT molecular complexity index is 301. The molecule has 19 heavy (non-hydrogen) atoms. The third kappa shape index (κ3) is 7.15. The molecule has 0 aliphatic heterocycles. The summed E-state index contributed by atoms with van der Waals surface area (Å²) in [5.41, 5.74) is 0. The number of urea groups is 1. The Morgan fingerprint density at radius 3 is 2.47 bits per heavy atom. The Balaban J connectivity index is 2.26. The van der Waals surface area contributed by atoms with E-state index in [9.17, 15) is 9.59 Å². The molecule has 1 fully saturated rings. The monoisotopic (exact) mass is 269 g/mol. The summed E-state index contributed by atoms with van der Waals surface area (Å²) < 4.78 is 0. The van der Waals surface area contributed by atoms with E-state index in [-0.39, 0.29) is 18.0 Å². The molecule has 5 heteroatoms. The summed E-state index contributed by atoms with van der Waals surface area (Å²) in [5, 5.41) is 5.15. The van der Waals surface area contributed by atoms with Crippen LogP contribution < -0.4 is 10.6 Å². The summed E-state index contributed by atoms with van der Waals surface area (Å²) in [5.74, 6) is -0.219. The Morgan fingerprint density at radius 2 is 1.95 bits per heavy atom. The first-order valence-electron chi connectivity index (χ1n) is 7.37. The summed E-state index contributed by atoms with van der Waals surface area (Å²) >= 11 is 0. The maximum atomic E-state index is 11.8. The minimum Gasteiger partial charge on any atom is -0.335 e. The summed E-state index contributed by atoms with van der Waals surface area (Å²) in [7, 11) is 0. The summed E-state index contributed by atoms with van der Waals surface area (Å²) in [6.45, 7) is 7.50. The van der Waals surface area contributed by atoms with Crippen LogP contribution in [0.4, 0.5) is 4.79 Å². The molecular weight excluding hydrogens is 242 g/mol. The van der Waals surface area contributed by atoms with Gasteiger partial charge in [0.05, 0.1) is 6.54 Å². The second kappa shape index (κ2) is 8.15. The summed E-state index contributed by atoms with van der Waals surface area (Å²) in [4.78, 5) is 25.3. The lowest BCUT2D eigenvalue weighted by Crippen LogP contribution is -2.46. The SMILES string of the molecule is CCCCCN(CC(=O)NC(=O)NC1CC1)C(C)C. The molecule has 3 amide bonds. The molecule has 0 atom stereocenters. The van der Waals surface area contributed by atoms with Crippen molar-refractivity contribution in [1.29, 1.82) is 0 Å². The molecule has 0 saturated heterocycles. The third-order valence-corrected chi connectivity index (χ3v) is 3.29. The van der Waals surface area contributed by atoms with Crippen molar-refractivity contribution in [3.63, 3.8) is 0 Å². The van der Waals surface area contributed by atoms with E-state index in [1.54, 1.807) is 0 Å². The number of hydrogen-bond donors (Lipinski definition) is 2. The minimum absolute atomic E-state index is 0.219. The van der Waals surface area contributed by atoms with Crippen molar-refractivity contribution >= 4 is 11.9 Å². The van der Waals surface area contributed by atoms with Crippen molar-refractivity contribution in [1.82, 2.24) is 15.5 Å². The number of amides is 3. The van der Waals surface area contributed by atoms with Gasteiger partial charge in [0.15, 0.2) is 0 Å². The average Bonchev–Trinajstić information content (AvgIpc) is 3.11. The van der Waals surface area contributed by atoms with Gasteiger partial charge >= 0.3 is 6.03 Å². The molecule has 0 heterocycles. The van der Waals surface area contributed by atoms with Gasteiger partial charge in [-0.15, -0.1) is 0 Å². The molecule has 0 aromatic rings. The zero-order valence-electron chi connectivity index (χ0n) is 12.4. The van der Waals surface area contributed by atoms with Gasteiger partial charge in [0.1, 0.15) is 0 Å². The van der Waals surface area contributed by atoms with E-state index >= 15 is 0 Å². The first-order valence-corrected chi connectivity index (χ1v) is 7.37. The zero-order valence-corrected chi connectivity index (χ0v) is 12.4. The van der Waals surface area contributed by atoms with Gasteiger partial charge in [-0.1, -0.05) is 19.8 Å². The second-order valence-electron chi connectivity index (χ2n) is 5.57. The fourth-order valence-corrected chi connectivity index (χ4v) is 1.88. The number of carbonyl (C=O) groups is 2. The lowest BCUT2D eigenvalue weighted by Gasteiger charge is -2.25. The van der Waals surface area contributed by atoms with Crippen LogP contribution in [0.2, 0.25) is 0 Å². The van der Waals surface area contributed by atoms with Gasteiger partial charge in [0.25, 0.3) is 0 Å². The van der Waals surface area contributed by atoms with Crippen LogP contribution in [0.25, 0.3) is 0 Å². The molecule has 0 spiro atoms. The molecule has 110 valence electrons. The van der Waals surface area contributed by atoms with Gasteiger partial charge in [-0.05, 0) is 39.7 Å². The highest BCUT2D eigenvalue weighted by Crippen LogP contribution is 2.18. The van der Waals surface area contributed by atoms with Gasteiger partial charge in [0.2, 0.25) is 5.91 Å². The van der Waals surface area contributed by atoms with Crippen LogP contribution in [0, 0.1) is 0 Å². The van der Waals surface area contributed by atoms with Crippen LogP contribution in [-0.4, -0.2) is 42.0 Å². The number of nitrogens with one attached hydrogen (secondary N) is 2. The Labute approximate surface area is 116 Å². The first-order chi connectivity index (χ1) is 9.02. The molecule has 0 aromatic heterocycles.